The molecule has 4 nitrogen and oxygen atoms in total. The highest BCUT2D eigenvalue weighted by molar-refractivity contribution is 9.10. The van der Waals surface area contributed by atoms with Gasteiger partial charge in [0.15, 0.2) is 0 Å². The Labute approximate surface area is 123 Å². The topological polar surface area (TPSA) is 38.1 Å². The lowest BCUT2D eigenvalue weighted by atomic mass is 10.1. The van der Waals surface area contributed by atoms with Crippen LogP contribution in [0.15, 0.2) is 4.47 Å². The molecule has 1 fully saturated rings. The third kappa shape index (κ3) is 3.19. The normalized spacial score (nSPS) is 17.6. The van der Waals surface area contributed by atoms with Crippen molar-refractivity contribution in [2.75, 3.05) is 13.1 Å². The molecule has 1 aromatic heterocycles. The van der Waals surface area contributed by atoms with Crippen molar-refractivity contribution in [1.82, 2.24) is 14.7 Å². The Morgan fingerprint density at radius 2 is 1.95 bits per heavy atom. The van der Waals surface area contributed by atoms with Crippen LogP contribution in [0.3, 0.4) is 0 Å². The fraction of sp³-hybridized carbons (Fsp3) is 0.714. The lowest BCUT2D eigenvalue weighted by molar-refractivity contribution is -0.136. The van der Waals surface area contributed by atoms with E-state index in [9.17, 15) is 4.79 Å². The molecule has 0 unspecified atom stereocenters. The van der Waals surface area contributed by atoms with Gasteiger partial charge < -0.3 is 4.90 Å². The highest BCUT2D eigenvalue weighted by Gasteiger charge is 2.23. The van der Waals surface area contributed by atoms with Crippen LogP contribution in [0.25, 0.3) is 0 Å². The minimum atomic E-state index is -0.0111. The molecule has 106 valence electrons. The van der Waals surface area contributed by atoms with E-state index in [4.69, 9.17) is 0 Å². The Morgan fingerprint density at radius 3 is 2.47 bits per heavy atom. The Kier molecular flexibility index (Phi) is 4.66. The number of aromatic nitrogens is 2. The highest BCUT2D eigenvalue weighted by Crippen LogP contribution is 2.21. The molecule has 1 aliphatic heterocycles. The fourth-order valence-corrected chi connectivity index (χ4v) is 2.90. The van der Waals surface area contributed by atoms with Gasteiger partial charge in [0, 0.05) is 18.8 Å². The number of carbonyl (C=O) groups is 1. The van der Waals surface area contributed by atoms with E-state index in [1.54, 1.807) is 0 Å². The van der Waals surface area contributed by atoms with Crippen LogP contribution in [0.4, 0.5) is 0 Å². The van der Waals surface area contributed by atoms with E-state index in [1.807, 2.05) is 30.4 Å². The van der Waals surface area contributed by atoms with Gasteiger partial charge in [-0.25, -0.2) is 0 Å². The van der Waals surface area contributed by atoms with Crippen LogP contribution >= 0.6 is 15.9 Å². The first kappa shape index (κ1) is 14.6. The van der Waals surface area contributed by atoms with Crippen molar-refractivity contribution in [2.45, 2.75) is 46.6 Å². The van der Waals surface area contributed by atoms with Gasteiger partial charge in [-0.1, -0.05) is 6.92 Å². The van der Waals surface area contributed by atoms with Crippen molar-refractivity contribution >= 4 is 21.8 Å². The molecule has 2 rings (SSSR count). The number of hydrogen-bond acceptors (Lipinski definition) is 2. The quantitative estimate of drug-likeness (QED) is 0.856. The summed E-state index contributed by atoms with van der Waals surface area (Å²) in [5, 5.41) is 4.48. The summed E-state index contributed by atoms with van der Waals surface area (Å²) in [6.07, 6.45) is 3.54. The second kappa shape index (κ2) is 6.07. The molecule has 0 aromatic carbocycles. The number of nitrogens with zero attached hydrogens (tertiary/aromatic N) is 3. The van der Waals surface area contributed by atoms with Crippen LogP contribution in [0.1, 0.15) is 37.6 Å². The second-order valence-corrected chi connectivity index (χ2v) is 6.25. The molecule has 1 saturated heterocycles. The van der Waals surface area contributed by atoms with Gasteiger partial charge in [-0.05, 0) is 49.0 Å². The third-order valence-electron chi connectivity index (χ3n) is 3.83. The van der Waals surface area contributed by atoms with Crippen LogP contribution < -0.4 is 0 Å². The molecule has 1 aliphatic rings. The number of rotatable bonds is 3. The first-order chi connectivity index (χ1) is 9.00. The van der Waals surface area contributed by atoms with Crippen molar-refractivity contribution < 1.29 is 4.79 Å². The summed E-state index contributed by atoms with van der Waals surface area (Å²) in [5.41, 5.74) is 2.07. The van der Waals surface area contributed by atoms with Crippen LogP contribution in [0.2, 0.25) is 0 Å². The Morgan fingerprint density at radius 1 is 1.32 bits per heavy atom. The summed E-state index contributed by atoms with van der Waals surface area (Å²) < 4.78 is 2.98. The monoisotopic (exact) mass is 327 g/mol. The SMILES string of the molecule is Cc1nn(C[C@@H](C)C(=O)N2CCCCC2)c(C)c1Br. The predicted molar refractivity (Wildman–Crippen MR) is 79.0 cm³/mol. The molecule has 19 heavy (non-hydrogen) atoms. The van der Waals surface area contributed by atoms with Gasteiger partial charge in [-0.3, -0.25) is 9.48 Å². The van der Waals surface area contributed by atoms with Gasteiger partial charge in [0.1, 0.15) is 0 Å². The van der Waals surface area contributed by atoms with Gasteiger partial charge in [-0.2, -0.15) is 5.10 Å². The largest absolute Gasteiger partial charge is 0.342 e. The van der Waals surface area contributed by atoms with Crippen molar-refractivity contribution in [3.05, 3.63) is 15.9 Å². The van der Waals surface area contributed by atoms with Crippen LogP contribution in [0, 0.1) is 19.8 Å². The van der Waals surface area contributed by atoms with Crippen molar-refractivity contribution in [1.29, 1.82) is 0 Å². The van der Waals surface area contributed by atoms with E-state index < -0.39 is 0 Å². The number of piperidine rings is 1. The maximum absolute atomic E-state index is 12.4. The molecule has 1 aromatic rings. The molecular weight excluding hydrogens is 306 g/mol. The van der Waals surface area contributed by atoms with Gasteiger partial charge >= 0.3 is 0 Å². The summed E-state index contributed by atoms with van der Waals surface area (Å²) in [7, 11) is 0. The van der Waals surface area contributed by atoms with Crippen LogP contribution in [0.5, 0.6) is 0 Å². The Hall–Kier alpha value is -0.840. The van der Waals surface area contributed by atoms with Gasteiger partial charge in [0.05, 0.1) is 22.6 Å². The minimum Gasteiger partial charge on any atom is -0.342 e. The summed E-state index contributed by atoms with van der Waals surface area (Å²) in [5.74, 6) is 0.256. The van der Waals surface area contributed by atoms with E-state index in [0.29, 0.717) is 6.54 Å². The summed E-state index contributed by atoms with van der Waals surface area (Å²) in [4.78, 5) is 14.4. The molecule has 0 N–H and O–H groups in total. The summed E-state index contributed by atoms with van der Waals surface area (Å²) in [6.45, 7) is 8.51. The zero-order valence-corrected chi connectivity index (χ0v) is 13.5. The van der Waals surface area contributed by atoms with E-state index in [2.05, 4.69) is 21.0 Å². The average molecular weight is 328 g/mol. The minimum absolute atomic E-state index is 0.0111. The first-order valence-corrected chi connectivity index (χ1v) is 7.78. The molecule has 0 bridgehead atoms. The van der Waals surface area contributed by atoms with Gasteiger partial charge in [0.25, 0.3) is 0 Å². The van der Waals surface area contributed by atoms with Gasteiger partial charge in [-0.15, -0.1) is 0 Å². The number of carbonyl (C=O) groups excluding carboxylic acids is 1. The lowest BCUT2D eigenvalue weighted by Crippen LogP contribution is -2.40. The number of hydrogen-bond donors (Lipinski definition) is 0. The molecular formula is C14H22BrN3O. The molecule has 0 aliphatic carbocycles. The molecule has 5 heteroatoms. The molecule has 1 amide bonds. The molecule has 0 saturated carbocycles. The average Bonchev–Trinajstić information content (AvgIpc) is 2.66. The smallest absolute Gasteiger partial charge is 0.227 e. The summed E-state index contributed by atoms with van der Waals surface area (Å²) >= 11 is 3.52. The van der Waals surface area contributed by atoms with E-state index in [0.717, 1.165) is 41.8 Å². The van der Waals surface area contributed by atoms with Crippen LogP contribution in [-0.4, -0.2) is 33.7 Å². The number of aryl methyl sites for hydroxylation is 1. The van der Waals surface area contributed by atoms with E-state index >= 15 is 0 Å². The molecule has 0 radical (unpaired) electrons. The molecule has 2 heterocycles. The van der Waals surface area contributed by atoms with E-state index in [-0.39, 0.29) is 11.8 Å². The van der Waals surface area contributed by atoms with E-state index in [1.165, 1.54) is 6.42 Å². The van der Waals surface area contributed by atoms with Crippen molar-refractivity contribution in [3.63, 3.8) is 0 Å². The summed E-state index contributed by atoms with van der Waals surface area (Å²) in [6, 6.07) is 0. The van der Waals surface area contributed by atoms with Crippen molar-refractivity contribution in [2.24, 2.45) is 5.92 Å². The Bertz CT molecular complexity index is 464. The molecule has 1 atom stereocenters. The maximum atomic E-state index is 12.4. The zero-order valence-electron chi connectivity index (χ0n) is 11.9. The van der Waals surface area contributed by atoms with Crippen molar-refractivity contribution in [3.8, 4) is 0 Å². The van der Waals surface area contributed by atoms with Crippen LogP contribution in [-0.2, 0) is 11.3 Å². The highest BCUT2D eigenvalue weighted by atomic mass is 79.9. The standard InChI is InChI=1S/C14H22BrN3O/c1-10(14(19)17-7-5-4-6-8-17)9-18-12(3)13(15)11(2)16-18/h10H,4-9H2,1-3H3/t10-/m1/s1. The number of amides is 1. The van der Waals surface area contributed by atoms with Gasteiger partial charge in [0.2, 0.25) is 5.91 Å². The lowest BCUT2D eigenvalue weighted by Gasteiger charge is -2.29. The third-order valence-corrected chi connectivity index (χ3v) is 4.98. The number of halogens is 1. The zero-order chi connectivity index (χ0) is 14.0. The number of likely N-dealkylation sites (tertiary alicyclic amines) is 1. The first-order valence-electron chi connectivity index (χ1n) is 6.99. The maximum Gasteiger partial charge on any atom is 0.227 e. The fourth-order valence-electron chi connectivity index (χ4n) is 2.62. The Balaban J connectivity index is 2.01. The molecule has 0 spiro atoms. The predicted octanol–water partition coefficient (Wildman–Crippen LogP) is 2.91. The second-order valence-electron chi connectivity index (χ2n) is 5.45.